The van der Waals surface area contributed by atoms with Crippen LogP contribution < -0.4 is 10.6 Å². The molecule has 0 unspecified atom stereocenters. The van der Waals surface area contributed by atoms with Gasteiger partial charge in [-0.3, -0.25) is 5.32 Å². The maximum atomic E-state index is 12.6. The fraction of sp³-hybridized carbons (Fsp3) is 0.0870. The summed E-state index contributed by atoms with van der Waals surface area (Å²) in [6.07, 6.45) is 0. The minimum absolute atomic E-state index is 0.263. The van der Waals surface area contributed by atoms with Crippen molar-refractivity contribution in [2.24, 2.45) is 7.05 Å². The molecule has 27 heavy (non-hydrogen) atoms. The monoisotopic (exact) mass is 355 g/mol. The maximum Gasteiger partial charge on any atom is 0.324 e. The Morgan fingerprint density at radius 1 is 0.815 bits per heavy atom. The lowest BCUT2D eigenvalue weighted by atomic mass is 10.0. The van der Waals surface area contributed by atoms with Crippen LogP contribution >= 0.6 is 0 Å². The Hall–Kier alpha value is -3.53. The highest BCUT2D eigenvalue weighted by Gasteiger charge is 2.18. The number of hydrogen-bond acceptors (Lipinski definition) is 1. The van der Waals surface area contributed by atoms with Crippen molar-refractivity contribution in [1.82, 2.24) is 4.57 Å². The number of carbonyl (C=O) groups is 1. The molecule has 0 radical (unpaired) electrons. The van der Waals surface area contributed by atoms with Crippen LogP contribution in [0.4, 0.5) is 16.3 Å². The molecule has 134 valence electrons. The van der Waals surface area contributed by atoms with Crippen molar-refractivity contribution in [3.63, 3.8) is 0 Å². The van der Waals surface area contributed by atoms with Gasteiger partial charge >= 0.3 is 6.03 Å². The van der Waals surface area contributed by atoms with Crippen LogP contribution in [0, 0.1) is 6.92 Å². The SMILES string of the molecule is Cc1ccc(-c2c(NC(=O)Nc3ccccc3)n(C)c3ccccc23)cc1. The Bertz CT molecular complexity index is 1100. The molecule has 1 heterocycles. The van der Waals surface area contributed by atoms with Crippen molar-refractivity contribution >= 4 is 28.4 Å². The third-order valence-corrected chi connectivity index (χ3v) is 4.71. The average Bonchev–Trinajstić information content (AvgIpc) is 2.96. The molecule has 2 amide bonds. The van der Waals surface area contributed by atoms with E-state index in [4.69, 9.17) is 0 Å². The number of aryl methyl sites for hydroxylation is 2. The Morgan fingerprint density at radius 3 is 2.22 bits per heavy atom. The summed E-state index contributed by atoms with van der Waals surface area (Å²) >= 11 is 0. The molecule has 0 aliphatic carbocycles. The Balaban J connectivity index is 1.77. The minimum Gasteiger partial charge on any atom is -0.330 e. The Kier molecular flexibility index (Phi) is 4.38. The predicted octanol–water partition coefficient (Wildman–Crippen LogP) is 5.80. The van der Waals surface area contributed by atoms with Gasteiger partial charge in [-0.15, -0.1) is 0 Å². The van der Waals surface area contributed by atoms with Gasteiger partial charge in [0, 0.05) is 23.7 Å². The maximum absolute atomic E-state index is 12.6. The molecule has 0 saturated carbocycles. The fourth-order valence-electron chi connectivity index (χ4n) is 3.34. The highest BCUT2D eigenvalue weighted by molar-refractivity contribution is 6.09. The van der Waals surface area contributed by atoms with Crippen molar-refractivity contribution < 1.29 is 4.79 Å². The Labute approximate surface area is 158 Å². The summed E-state index contributed by atoms with van der Waals surface area (Å²) in [4.78, 5) is 12.6. The lowest BCUT2D eigenvalue weighted by molar-refractivity contribution is 0.262. The quantitative estimate of drug-likeness (QED) is 0.479. The van der Waals surface area contributed by atoms with Crippen LogP contribution in [-0.4, -0.2) is 10.6 Å². The topological polar surface area (TPSA) is 46.1 Å². The molecule has 4 nitrogen and oxygen atoms in total. The summed E-state index contributed by atoms with van der Waals surface area (Å²) in [6, 6.07) is 25.7. The van der Waals surface area contributed by atoms with Crippen molar-refractivity contribution in [2.45, 2.75) is 6.92 Å². The van der Waals surface area contributed by atoms with E-state index in [-0.39, 0.29) is 6.03 Å². The van der Waals surface area contributed by atoms with Gasteiger partial charge in [0.15, 0.2) is 0 Å². The second kappa shape index (κ2) is 7.00. The number of fused-ring (bicyclic) bond motifs is 1. The van der Waals surface area contributed by atoms with E-state index < -0.39 is 0 Å². The van der Waals surface area contributed by atoms with Gasteiger partial charge in [-0.05, 0) is 30.7 Å². The van der Waals surface area contributed by atoms with Gasteiger partial charge < -0.3 is 9.88 Å². The van der Waals surface area contributed by atoms with Crippen molar-refractivity contribution in [2.75, 3.05) is 10.6 Å². The molecule has 4 aromatic rings. The lowest BCUT2D eigenvalue weighted by Crippen LogP contribution is -2.21. The molecule has 4 heteroatoms. The van der Waals surface area contributed by atoms with Crippen LogP contribution in [0.5, 0.6) is 0 Å². The van der Waals surface area contributed by atoms with Crippen molar-refractivity contribution in [1.29, 1.82) is 0 Å². The van der Waals surface area contributed by atoms with Gasteiger partial charge in [0.1, 0.15) is 5.82 Å². The van der Waals surface area contributed by atoms with E-state index in [2.05, 4.69) is 54.0 Å². The summed E-state index contributed by atoms with van der Waals surface area (Å²) in [5.41, 5.74) is 5.13. The molecule has 0 spiro atoms. The molecule has 3 aromatic carbocycles. The third-order valence-electron chi connectivity index (χ3n) is 4.71. The van der Waals surface area contributed by atoms with Gasteiger partial charge in [0.25, 0.3) is 0 Å². The van der Waals surface area contributed by atoms with E-state index in [1.807, 2.05) is 54.1 Å². The van der Waals surface area contributed by atoms with E-state index in [9.17, 15) is 4.79 Å². The van der Waals surface area contributed by atoms with Gasteiger partial charge in [0.05, 0.1) is 5.52 Å². The molecule has 1 aromatic heterocycles. The van der Waals surface area contributed by atoms with Crippen LogP contribution in [0.2, 0.25) is 0 Å². The molecule has 0 fully saturated rings. The number of benzene rings is 3. The predicted molar refractivity (Wildman–Crippen MR) is 112 cm³/mol. The second-order valence-corrected chi connectivity index (χ2v) is 6.61. The third kappa shape index (κ3) is 3.29. The van der Waals surface area contributed by atoms with E-state index in [0.717, 1.165) is 33.5 Å². The highest BCUT2D eigenvalue weighted by atomic mass is 16.2. The fourth-order valence-corrected chi connectivity index (χ4v) is 3.34. The number of aromatic nitrogens is 1. The lowest BCUT2D eigenvalue weighted by Gasteiger charge is -2.12. The van der Waals surface area contributed by atoms with E-state index >= 15 is 0 Å². The molecule has 0 aliphatic rings. The number of urea groups is 1. The number of hydrogen-bond donors (Lipinski definition) is 2. The van der Waals surface area contributed by atoms with E-state index in [1.165, 1.54) is 5.56 Å². The molecule has 2 N–H and O–H groups in total. The van der Waals surface area contributed by atoms with Gasteiger partial charge in [-0.1, -0.05) is 66.2 Å². The van der Waals surface area contributed by atoms with Gasteiger partial charge in [-0.2, -0.15) is 0 Å². The van der Waals surface area contributed by atoms with Crippen molar-refractivity contribution in [3.05, 3.63) is 84.4 Å². The van der Waals surface area contributed by atoms with Crippen molar-refractivity contribution in [3.8, 4) is 11.1 Å². The number of anilines is 2. The molecule has 0 bridgehead atoms. The molecular weight excluding hydrogens is 334 g/mol. The summed E-state index contributed by atoms with van der Waals surface area (Å²) in [5, 5.41) is 7.04. The first-order chi connectivity index (χ1) is 13.1. The molecule has 0 aliphatic heterocycles. The van der Waals surface area contributed by atoms with Crippen LogP contribution in [0.25, 0.3) is 22.0 Å². The second-order valence-electron chi connectivity index (χ2n) is 6.61. The van der Waals surface area contributed by atoms with E-state index in [1.54, 1.807) is 0 Å². The number of nitrogens with one attached hydrogen (secondary N) is 2. The summed E-state index contributed by atoms with van der Waals surface area (Å²) in [5.74, 6) is 0.772. The van der Waals surface area contributed by atoms with Crippen LogP contribution in [0.15, 0.2) is 78.9 Å². The first kappa shape index (κ1) is 16.9. The number of amides is 2. The normalized spacial score (nSPS) is 10.7. The minimum atomic E-state index is -0.263. The smallest absolute Gasteiger partial charge is 0.324 e. The van der Waals surface area contributed by atoms with Crippen LogP contribution in [0.1, 0.15) is 5.56 Å². The summed E-state index contributed by atoms with van der Waals surface area (Å²) < 4.78 is 2.02. The van der Waals surface area contributed by atoms with Gasteiger partial charge in [0.2, 0.25) is 0 Å². The number of rotatable bonds is 3. The molecular formula is C23H21N3O. The highest BCUT2D eigenvalue weighted by Crippen LogP contribution is 2.38. The zero-order valence-corrected chi connectivity index (χ0v) is 15.4. The molecule has 0 atom stereocenters. The molecule has 0 saturated heterocycles. The summed E-state index contributed by atoms with van der Waals surface area (Å²) in [6.45, 7) is 2.07. The standard InChI is InChI=1S/C23H21N3O/c1-16-12-14-17(15-13-16)21-19-10-6-7-11-20(19)26(2)22(21)25-23(27)24-18-8-4-3-5-9-18/h3-15H,1-2H3,(H2,24,25,27). The number of carbonyl (C=O) groups excluding carboxylic acids is 1. The number of para-hydroxylation sites is 2. The van der Waals surface area contributed by atoms with E-state index in [0.29, 0.717) is 0 Å². The Morgan fingerprint density at radius 2 is 1.48 bits per heavy atom. The van der Waals surface area contributed by atoms with Crippen LogP contribution in [-0.2, 0) is 7.05 Å². The zero-order valence-electron chi connectivity index (χ0n) is 15.4. The van der Waals surface area contributed by atoms with Gasteiger partial charge in [-0.25, -0.2) is 4.79 Å². The first-order valence-corrected chi connectivity index (χ1v) is 8.91. The zero-order chi connectivity index (χ0) is 18.8. The average molecular weight is 355 g/mol. The first-order valence-electron chi connectivity index (χ1n) is 8.91. The largest absolute Gasteiger partial charge is 0.330 e. The molecule has 4 rings (SSSR count). The summed E-state index contributed by atoms with van der Waals surface area (Å²) in [7, 11) is 1.97. The van der Waals surface area contributed by atoms with Crippen LogP contribution in [0.3, 0.4) is 0 Å². The number of nitrogens with zero attached hydrogens (tertiary/aromatic N) is 1.